The van der Waals surface area contributed by atoms with Gasteiger partial charge in [0.05, 0.1) is 15.9 Å². The Morgan fingerprint density at radius 1 is 0.933 bits per heavy atom. The fraction of sp³-hybridized carbons (Fsp3) is 0.208. The standard InChI is InChI=1S/C24H25N3O2S/c1-17-11-13-23(18(2)15-17)30(28,29)26-20-8-6-7-19(16-20)12-14-24-25-21-9-4-5-10-22(21)27(24)3/h4-11,13,15-16,26H,12,14H2,1-3H3. The predicted molar refractivity (Wildman–Crippen MR) is 121 cm³/mol. The van der Waals surface area contributed by atoms with Crippen molar-refractivity contribution < 1.29 is 8.42 Å². The molecule has 0 unspecified atom stereocenters. The molecule has 0 aliphatic rings. The maximum absolute atomic E-state index is 12.8. The summed E-state index contributed by atoms with van der Waals surface area (Å²) in [4.78, 5) is 5.02. The summed E-state index contributed by atoms with van der Waals surface area (Å²) in [6.07, 6.45) is 1.55. The molecule has 5 nitrogen and oxygen atoms in total. The zero-order valence-electron chi connectivity index (χ0n) is 17.4. The SMILES string of the molecule is Cc1ccc(S(=O)(=O)Nc2cccc(CCc3nc4ccccc4n3C)c2)c(C)c1. The van der Waals surface area contributed by atoms with Crippen molar-refractivity contribution in [3.8, 4) is 0 Å². The Labute approximate surface area is 177 Å². The largest absolute Gasteiger partial charge is 0.331 e. The van der Waals surface area contributed by atoms with Crippen molar-refractivity contribution in [2.75, 3.05) is 4.72 Å². The lowest BCUT2D eigenvalue weighted by Crippen LogP contribution is -2.14. The van der Waals surface area contributed by atoms with Crippen LogP contribution in [0.5, 0.6) is 0 Å². The summed E-state index contributed by atoms with van der Waals surface area (Å²) in [6, 6.07) is 21.0. The smallest absolute Gasteiger partial charge is 0.262 e. The molecule has 0 fully saturated rings. The van der Waals surface area contributed by atoms with Crippen molar-refractivity contribution in [3.63, 3.8) is 0 Å². The third-order valence-electron chi connectivity index (χ3n) is 5.32. The van der Waals surface area contributed by atoms with Gasteiger partial charge in [0.25, 0.3) is 10.0 Å². The van der Waals surface area contributed by atoms with E-state index in [2.05, 4.69) is 15.4 Å². The molecule has 1 N–H and O–H groups in total. The van der Waals surface area contributed by atoms with E-state index in [1.54, 1.807) is 12.1 Å². The number of nitrogens with zero attached hydrogens (tertiary/aromatic N) is 2. The Morgan fingerprint density at radius 3 is 2.50 bits per heavy atom. The van der Waals surface area contributed by atoms with Crippen LogP contribution in [0.25, 0.3) is 11.0 Å². The molecule has 0 atom stereocenters. The van der Waals surface area contributed by atoms with E-state index >= 15 is 0 Å². The number of aryl methyl sites for hydroxylation is 5. The molecule has 0 aliphatic heterocycles. The molecule has 0 aliphatic carbocycles. The Bertz CT molecular complexity index is 1320. The van der Waals surface area contributed by atoms with Gasteiger partial charge in [0.2, 0.25) is 0 Å². The fourth-order valence-corrected chi connectivity index (χ4v) is 5.05. The number of hydrogen-bond donors (Lipinski definition) is 1. The van der Waals surface area contributed by atoms with Gasteiger partial charge >= 0.3 is 0 Å². The number of nitrogens with one attached hydrogen (secondary N) is 1. The molecule has 0 radical (unpaired) electrons. The minimum Gasteiger partial charge on any atom is -0.331 e. The molecule has 0 amide bonds. The molecule has 4 rings (SSSR count). The van der Waals surface area contributed by atoms with E-state index in [0.717, 1.165) is 46.4 Å². The second kappa shape index (κ2) is 7.95. The van der Waals surface area contributed by atoms with E-state index in [9.17, 15) is 8.42 Å². The van der Waals surface area contributed by atoms with Gasteiger partial charge in [0.15, 0.2) is 0 Å². The van der Waals surface area contributed by atoms with Crippen molar-refractivity contribution in [1.29, 1.82) is 0 Å². The molecule has 0 spiro atoms. The Kier molecular flexibility index (Phi) is 5.35. The molecule has 4 aromatic rings. The van der Waals surface area contributed by atoms with Gasteiger partial charge in [0, 0.05) is 19.2 Å². The van der Waals surface area contributed by atoms with E-state index in [4.69, 9.17) is 4.98 Å². The van der Waals surface area contributed by atoms with Crippen molar-refractivity contribution >= 4 is 26.7 Å². The molecule has 3 aromatic carbocycles. The maximum atomic E-state index is 12.8. The van der Waals surface area contributed by atoms with E-state index in [1.165, 1.54) is 0 Å². The zero-order valence-corrected chi connectivity index (χ0v) is 18.2. The van der Waals surface area contributed by atoms with E-state index < -0.39 is 10.0 Å². The highest BCUT2D eigenvalue weighted by Gasteiger charge is 2.17. The first-order valence-electron chi connectivity index (χ1n) is 9.93. The summed E-state index contributed by atoms with van der Waals surface area (Å²) in [5.41, 5.74) is 5.50. The Balaban J connectivity index is 1.51. The van der Waals surface area contributed by atoms with Crippen molar-refractivity contribution in [1.82, 2.24) is 9.55 Å². The van der Waals surface area contributed by atoms with Gasteiger partial charge in [-0.15, -0.1) is 0 Å². The van der Waals surface area contributed by atoms with Crippen LogP contribution in [0.4, 0.5) is 5.69 Å². The number of para-hydroxylation sites is 2. The van der Waals surface area contributed by atoms with Gasteiger partial charge in [-0.2, -0.15) is 0 Å². The lowest BCUT2D eigenvalue weighted by atomic mass is 10.1. The van der Waals surface area contributed by atoms with Gasteiger partial charge in [-0.25, -0.2) is 13.4 Å². The third kappa shape index (κ3) is 4.09. The summed E-state index contributed by atoms with van der Waals surface area (Å²) < 4.78 is 30.5. The number of fused-ring (bicyclic) bond motifs is 1. The second-order valence-electron chi connectivity index (χ2n) is 7.65. The van der Waals surface area contributed by atoms with Crippen LogP contribution in [-0.2, 0) is 29.9 Å². The van der Waals surface area contributed by atoms with Crippen molar-refractivity contribution in [2.24, 2.45) is 7.05 Å². The molecule has 0 bridgehead atoms. The first-order chi connectivity index (χ1) is 14.3. The highest BCUT2D eigenvalue weighted by Crippen LogP contribution is 2.22. The highest BCUT2D eigenvalue weighted by atomic mass is 32.2. The van der Waals surface area contributed by atoms with Gasteiger partial charge in [-0.1, -0.05) is 42.0 Å². The van der Waals surface area contributed by atoms with Crippen LogP contribution in [-0.4, -0.2) is 18.0 Å². The molecular weight excluding hydrogens is 394 g/mol. The van der Waals surface area contributed by atoms with Gasteiger partial charge < -0.3 is 4.57 Å². The zero-order chi connectivity index (χ0) is 21.3. The average molecular weight is 420 g/mol. The lowest BCUT2D eigenvalue weighted by Gasteiger charge is -2.12. The first-order valence-corrected chi connectivity index (χ1v) is 11.4. The number of hydrogen-bond acceptors (Lipinski definition) is 3. The summed E-state index contributed by atoms with van der Waals surface area (Å²) in [5, 5.41) is 0. The molecule has 30 heavy (non-hydrogen) atoms. The quantitative estimate of drug-likeness (QED) is 0.489. The summed E-state index contributed by atoms with van der Waals surface area (Å²) >= 11 is 0. The number of aromatic nitrogens is 2. The van der Waals surface area contributed by atoms with Gasteiger partial charge in [-0.05, 0) is 61.7 Å². The number of rotatable bonds is 6. The van der Waals surface area contributed by atoms with Crippen LogP contribution in [0, 0.1) is 13.8 Å². The molecule has 0 saturated carbocycles. The van der Waals surface area contributed by atoms with Crippen LogP contribution < -0.4 is 4.72 Å². The number of sulfonamides is 1. The minimum absolute atomic E-state index is 0.304. The fourth-order valence-electron chi connectivity index (χ4n) is 3.78. The van der Waals surface area contributed by atoms with Crippen LogP contribution in [0.15, 0.2) is 71.6 Å². The molecule has 0 saturated heterocycles. The van der Waals surface area contributed by atoms with Gasteiger partial charge in [-0.3, -0.25) is 4.72 Å². The summed E-state index contributed by atoms with van der Waals surface area (Å²) in [6.45, 7) is 3.76. The topological polar surface area (TPSA) is 64.0 Å². The van der Waals surface area contributed by atoms with Crippen LogP contribution in [0.3, 0.4) is 0 Å². The third-order valence-corrected chi connectivity index (χ3v) is 6.86. The Morgan fingerprint density at radius 2 is 1.73 bits per heavy atom. The maximum Gasteiger partial charge on any atom is 0.262 e. The van der Waals surface area contributed by atoms with Crippen molar-refractivity contribution in [2.45, 2.75) is 31.6 Å². The minimum atomic E-state index is -3.64. The highest BCUT2D eigenvalue weighted by molar-refractivity contribution is 7.92. The number of benzene rings is 3. The van der Waals surface area contributed by atoms with Crippen LogP contribution in [0.1, 0.15) is 22.5 Å². The van der Waals surface area contributed by atoms with Crippen molar-refractivity contribution in [3.05, 3.63) is 89.2 Å². The van der Waals surface area contributed by atoms with Crippen LogP contribution in [0.2, 0.25) is 0 Å². The van der Waals surface area contributed by atoms with Gasteiger partial charge in [0.1, 0.15) is 5.82 Å². The monoisotopic (exact) mass is 419 g/mol. The normalized spacial score (nSPS) is 11.7. The van der Waals surface area contributed by atoms with E-state index in [1.807, 2.05) is 69.4 Å². The second-order valence-corrected chi connectivity index (χ2v) is 9.30. The lowest BCUT2D eigenvalue weighted by molar-refractivity contribution is 0.600. The average Bonchev–Trinajstić information content (AvgIpc) is 3.02. The molecule has 154 valence electrons. The van der Waals surface area contributed by atoms with E-state index in [-0.39, 0.29) is 0 Å². The summed E-state index contributed by atoms with van der Waals surface area (Å²) in [7, 11) is -1.61. The summed E-state index contributed by atoms with van der Waals surface area (Å²) in [5.74, 6) is 1.01. The molecule has 1 aromatic heterocycles. The molecular formula is C24H25N3O2S. The number of imidazole rings is 1. The van der Waals surface area contributed by atoms with Crippen LogP contribution >= 0.6 is 0 Å². The Hall–Kier alpha value is -3.12. The number of anilines is 1. The van der Waals surface area contributed by atoms with E-state index in [0.29, 0.717) is 10.6 Å². The predicted octanol–water partition coefficient (Wildman–Crippen LogP) is 4.78. The molecule has 1 heterocycles. The first kappa shape index (κ1) is 20.2. The molecule has 6 heteroatoms.